The molecule has 0 aliphatic carbocycles. The summed E-state index contributed by atoms with van der Waals surface area (Å²) < 4.78 is 0. The minimum Gasteiger partial charge on any atom is -0.120 e. The van der Waals surface area contributed by atoms with Crippen LogP contribution in [0.2, 0.25) is 0 Å². The summed E-state index contributed by atoms with van der Waals surface area (Å²) in [4.78, 5) is 0. The lowest BCUT2D eigenvalue weighted by atomic mass is 10.2. The van der Waals surface area contributed by atoms with Gasteiger partial charge in [-0.05, 0) is 6.92 Å². The number of allylic oxidation sites excluding steroid dienone is 3. The minimum atomic E-state index is 0.847. The van der Waals surface area contributed by atoms with Crippen molar-refractivity contribution in [2.75, 3.05) is 0 Å². The summed E-state index contributed by atoms with van der Waals surface area (Å²) in [6.07, 6.45) is 20.8. The van der Waals surface area contributed by atoms with Crippen molar-refractivity contribution >= 4 is 0 Å². The molecule has 0 radical (unpaired) electrons. The Balaban J connectivity index is -0.0000000344. The van der Waals surface area contributed by atoms with E-state index in [0.717, 1.165) is 6.42 Å². The highest BCUT2D eigenvalue weighted by atomic mass is 13.9. The van der Waals surface area contributed by atoms with E-state index in [1.165, 1.54) is 44.9 Å². The number of hydrogen-bond acceptors (Lipinski definition) is 0. The molecule has 26 heavy (non-hydrogen) atoms. The Labute approximate surface area is 172 Å². The van der Waals surface area contributed by atoms with Crippen LogP contribution in [-0.4, -0.2) is 0 Å². The monoisotopic (exact) mass is 370 g/mol. The third-order valence-electron chi connectivity index (χ3n) is 2.24. The van der Waals surface area contributed by atoms with Gasteiger partial charge in [-0.1, -0.05) is 146 Å². The average Bonchev–Trinajstić information content (AvgIpc) is 2.74. The van der Waals surface area contributed by atoms with Crippen molar-refractivity contribution in [2.24, 2.45) is 0 Å². The van der Waals surface area contributed by atoms with E-state index in [9.17, 15) is 0 Å². The topological polar surface area (TPSA) is 0 Å². The maximum atomic E-state index is 4.78. The van der Waals surface area contributed by atoms with Crippen LogP contribution < -0.4 is 0 Å². The first-order chi connectivity index (χ1) is 12.7. The van der Waals surface area contributed by atoms with E-state index in [2.05, 4.69) is 40.2 Å². The van der Waals surface area contributed by atoms with Crippen molar-refractivity contribution in [1.82, 2.24) is 0 Å². The van der Waals surface area contributed by atoms with Gasteiger partial charge in [0.25, 0.3) is 0 Å². The van der Waals surface area contributed by atoms with Crippen LogP contribution in [0.5, 0.6) is 0 Å². The lowest BCUT2D eigenvalue weighted by Crippen LogP contribution is -1.70. The van der Waals surface area contributed by atoms with Crippen molar-refractivity contribution in [3.63, 3.8) is 0 Å². The Hall–Kier alpha value is -0.960. The first-order valence-electron chi connectivity index (χ1n) is 11.3. The van der Waals surface area contributed by atoms with Gasteiger partial charge in [-0.2, -0.15) is 0 Å². The standard InChI is InChI=1S/C7H16.C5H8.C4H10.C4H6.3C2H6/c1-3-5-7-6-4-2;1-3-5-4-2;2*1-3-4-2;3*1-2/h3-7H2,1-2H3;3-5H,1H2,2H3;3-4H2,1-2H3;1H,4H2,2H3;3*1-2H3. The second-order valence-electron chi connectivity index (χ2n) is 4.38. The molecule has 0 bridgehead atoms. The average molecular weight is 371 g/mol. The highest BCUT2D eigenvalue weighted by Crippen LogP contribution is 2.00. The Kier molecular flexibility index (Phi) is 179. The molecular weight excluding hydrogens is 312 g/mol. The van der Waals surface area contributed by atoms with Crippen molar-refractivity contribution in [3.05, 3.63) is 24.8 Å². The van der Waals surface area contributed by atoms with Crippen LogP contribution in [0.3, 0.4) is 0 Å². The molecule has 0 rings (SSSR count). The molecule has 0 saturated heterocycles. The van der Waals surface area contributed by atoms with Crippen LogP contribution >= 0.6 is 0 Å². The molecule has 0 fully saturated rings. The quantitative estimate of drug-likeness (QED) is 0.248. The lowest BCUT2D eigenvalue weighted by Gasteiger charge is -1.90. The molecule has 0 heteroatoms. The molecule has 162 valence electrons. The van der Waals surface area contributed by atoms with Crippen LogP contribution in [0.4, 0.5) is 0 Å². The second kappa shape index (κ2) is 105. The summed E-state index contributed by atoms with van der Waals surface area (Å²) in [6.45, 7) is 28.2. The van der Waals surface area contributed by atoms with Crippen molar-refractivity contribution in [1.29, 1.82) is 0 Å². The molecule has 0 saturated carbocycles. The number of hydrogen-bond donors (Lipinski definition) is 0. The zero-order valence-corrected chi connectivity index (χ0v) is 21.2. The summed E-state index contributed by atoms with van der Waals surface area (Å²) in [6, 6.07) is 0. The van der Waals surface area contributed by atoms with Gasteiger partial charge in [0.05, 0.1) is 0 Å². The molecule has 0 spiro atoms. The third-order valence-corrected chi connectivity index (χ3v) is 2.24. The SMILES string of the molecule is C#CCC.C=CC=CC.CC.CC.CC.CCCC.CCCCCCC. The summed E-state index contributed by atoms with van der Waals surface area (Å²) >= 11 is 0. The van der Waals surface area contributed by atoms with Crippen molar-refractivity contribution < 1.29 is 0 Å². The van der Waals surface area contributed by atoms with Crippen LogP contribution in [-0.2, 0) is 0 Å². The maximum absolute atomic E-state index is 4.78. The molecule has 0 aliphatic rings. The van der Waals surface area contributed by atoms with Crippen molar-refractivity contribution in [2.45, 2.75) is 134 Å². The van der Waals surface area contributed by atoms with Crippen molar-refractivity contribution in [3.8, 4) is 12.3 Å². The Bertz CT molecular complexity index is 175. The fourth-order valence-electron chi connectivity index (χ4n) is 0.813. The van der Waals surface area contributed by atoms with E-state index in [-0.39, 0.29) is 0 Å². The highest BCUT2D eigenvalue weighted by molar-refractivity contribution is 4.94. The smallest absolute Gasteiger partial charge is 0.00576 e. The fourth-order valence-corrected chi connectivity index (χ4v) is 0.813. The number of unbranched alkanes of at least 4 members (excludes halogenated alkanes) is 5. The molecule has 0 nitrogen and oxygen atoms in total. The molecule has 0 heterocycles. The van der Waals surface area contributed by atoms with E-state index in [4.69, 9.17) is 6.42 Å². The van der Waals surface area contributed by atoms with Gasteiger partial charge in [0.15, 0.2) is 0 Å². The minimum absolute atomic E-state index is 0.847. The van der Waals surface area contributed by atoms with Gasteiger partial charge in [-0.15, -0.1) is 12.3 Å². The summed E-state index contributed by atoms with van der Waals surface area (Å²) in [5.41, 5.74) is 0. The van der Waals surface area contributed by atoms with Gasteiger partial charge in [0.2, 0.25) is 0 Å². The van der Waals surface area contributed by atoms with Gasteiger partial charge in [-0.25, -0.2) is 0 Å². The molecule has 0 atom stereocenters. The lowest BCUT2D eigenvalue weighted by molar-refractivity contribution is 0.656. The van der Waals surface area contributed by atoms with Crippen LogP contribution in [0, 0.1) is 12.3 Å². The van der Waals surface area contributed by atoms with Gasteiger partial charge in [0, 0.05) is 6.42 Å². The first kappa shape index (κ1) is 44.5. The first-order valence-corrected chi connectivity index (χ1v) is 11.3. The summed E-state index contributed by atoms with van der Waals surface area (Å²) in [5.74, 6) is 2.43. The van der Waals surface area contributed by atoms with E-state index in [0.29, 0.717) is 0 Å². The molecular formula is C26H58. The molecule has 0 aliphatic heterocycles. The fraction of sp³-hybridized carbons (Fsp3) is 0.769. The van der Waals surface area contributed by atoms with Gasteiger partial charge in [-0.3, -0.25) is 0 Å². The number of rotatable bonds is 6. The van der Waals surface area contributed by atoms with Gasteiger partial charge < -0.3 is 0 Å². The van der Waals surface area contributed by atoms with Gasteiger partial charge in [0.1, 0.15) is 0 Å². The summed E-state index contributed by atoms with van der Waals surface area (Å²) in [5, 5.41) is 0. The van der Waals surface area contributed by atoms with Crippen LogP contribution in [0.1, 0.15) is 134 Å². The Morgan fingerprint density at radius 1 is 0.692 bits per heavy atom. The highest BCUT2D eigenvalue weighted by Gasteiger charge is 1.80. The van der Waals surface area contributed by atoms with Crippen LogP contribution in [0.25, 0.3) is 0 Å². The molecule has 0 aromatic heterocycles. The molecule has 0 amide bonds. The van der Waals surface area contributed by atoms with Gasteiger partial charge >= 0.3 is 0 Å². The predicted molar refractivity (Wildman–Crippen MR) is 133 cm³/mol. The largest absolute Gasteiger partial charge is 0.120 e. The van der Waals surface area contributed by atoms with E-state index < -0.39 is 0 Å². The normalized spacial score (nSPS) is 6.88. The zero-order valence-electron chi connectivity index (χ0n) is 21.2. The van der Waals surface area contributed by atoms with E-state index in [1.54, 1.807) is 6.08 Å². The third kappa shape index (κ3) is 226. The molecule has 0 unspecified atom stereocenters. The maximum Gasteiger partial charge on any atom is 0.00576 e. The number of terminal acetylenes is 1. The molecule has 0 aromatic carbocycles. The molecule has 0 aromatic rings. The summed E-state index contributed by atoms with van der Waals surface area (Å²) in [7, 11) is 0. The van der Waals surface area contributed by atoms with E-state index >= 15 is 0 Å². The second-order valence-corrected chi connectivity index (χ2v) is 4.38. The molecule has 0 N–H and O–H groups in total. The predicted octanol–water partition coefficient (Wildman–Crippen LogP) is 10.6. The Morgan fingerprint density at radius 3 is 1.08 bits per heavy atom. The zero-order chi connectivity index (χ0) is 22.5. The van der Waals surface area contributed by atoms with E-state index in [1.807, 2.05) is 67.5 Å². The van der Waals surface area contributed by atoms with Crippen LogP contribution in [0.15, 0.2) is 24.8 Å². The Morgan fingerprint density at radius 2 is 1.00 bits per heavy atom.